The summed E-state index contributed by atoms with van der Waals surface area (Å²) in [6, 6.07) is 0.740. The minimum atomic E-state index is -0.138. The number of piperidine rings is 1. The smallest absolute Gasteiger partial charge is 0.305 e. The van der Waals surface area contributed by atoms with E-state index in [-0.39, 0.29) is 29.9 Å². The highest BCUT2D eigenvalue weighted by atomic mass is 127. The first kappa shape index (κ1) is 24.4. The molecule has 7 heteroatoms. The summed E-state index contributed by atoms with van der Waals surface area (Å²) in [6.45, 7) is 11.3. The van der Waals surface area contributed by atoms with Gasteiger partial charge in [-0.3, -0.25) is 14.7 Å². The van der Waals surface area contributed by atoms with Crippen molar-refractivity contribution in [2.75, 3.05) is 39.3 Å². The molecule has 0 aromatic heterocycles. The minimum absolute atomic E-state index is 0. The first-order chi connectivity index (χ1) is 11.7. The van der Waals surface area contributed by atoms with Crippen LogP contribution < -0.4 is 10.6 Å². The van der Waals surface area contributed by atoms with Crippen molar-refractivity contribution < 1.29 is 9.53 Å². The Hall–Kier alpha value is -0.570. The number of hydrogen-bond donors (Lipinski definition) is 2. The summed E-state index contributed by atoms with van der Waals surface area (Å²) in [5, 5.41) is 6.67. The molecule has 0 aromatic carbocycles. The van der Waals surface area contributed by atoms with Gasteiger partial charge in [-0.05, 0) is 46.1 Å². The number of carbonyl (C=O) groups excluding carboxylic acids is 1. The van der Waals surface area contributed by atoms with Gasteiger partial charge >= 0.3 is 5.97 Å². The van der Waals surface area contributed by atoms with Gasteiger partial charge in [-0.15, -0.1) is 24.0 Å². The summed E-state index contributed by atoms with van der Waals surface area (Å²) >= 11 is 0. The summed E-state index contributed by atoms with van der Waals surface area (Å²) in [4.78, 5) is 18.4. The number of ether oxygens (including phenoxy) is 1. The lowest BCUT2D eigenvalue weighted by Gasteiger charge is -2.35. The number of nitrogens with one attached hydrogen (secondary N) is 2. The van der Waals surface area contributed by atoms with Crippen molar-refractivity contribution in [3.05, 3.63) is 0 Å². The first-order valence-corrected chi connectivity index (χ1v) is 9.63. The molecule has 0 aliphatic carbocycles. The molecule has 2 N–H and O–H groups in total. The lowest BCUT2D eigenvalue weighted by Crippen LogP contribution is -2.46. The van der Waals surface area contributed by atoms with Crippen LogP contribution in [0, 0.1) is 0 Å². The van der Waals surface area contributed by atoms with Gasteiger partial charge in [-0.2, -0.15) is 0 Å². The Labute approximate surface area is 170 Å². The van der Waals surface area contributed by atoms with E-state index in [9.17, 15) is 4.79 Å². The van der Waals surface area contributed by atoms with Crippen molar-refractivity contribution in [3.8, 4) is 0 Å². The number of esters is 1. The average Bonchev–Trinajstić information content (AvgIpc) is 2.59. The fraction of sp³-hybridized carbons (Fsp3) is 0.889. The van der Waals surface area contributed by atoms with Crippen LogP contribution >= 0.6 is 24.0 Å². The van der Waals surface area contributed by atoms with E-state index in [2.05, 4.69) is 34.4 Å². The largest absolute Gasteiger partial charge is 0.466 e. The number of hydrogen-bond acceptors (Lipinski definition) is 4. The van der Waals surface area contributed by atoms with Gasteiger partial charge in [0.2, 0.25) is 0 Å². The van der Waals surface area contributed by atoms with Gasteiger partial charge in [0, 0.05) is 38.6 Å². The number of aliphatic imine (C=N–C) groups is 1. The predicted octanol–water partition coefficient (Wildman–Crippen LogP) is 2.77. The van der Waals surface area contributed by atoms with E-state index in [1.165, 1.54) is 32.2 Å². The molecule has 0 radical (unpaired) electrons. The number of carbonyl (C=O) groups is 1. The molecule has 1 atom stereocenters. The molecular formula is C18H37IN4O2. The van der Waals surface area contributed by atoms with Gasteiger partial charge in [-0.1, -0.05) is 13.3 Å². The van der Waals surface area contributed by atoms with Crippen LogP contribution in [0.25, 0.3) is 0 Å². The maximum absolute atomic E-state index is 11.3. The summed E-state index contributed by atoms with van der Waals surface area (Å²) in [6.07, 6.45) is 6.41. The van der Waals surface area contributed by atoms with Gasteiger partial charge in [0.05, 0.1) is 6.61 Å². The third-order valence-corrected chi connectivity index (χ3v) is 4.37. The monoisotopic (exact) mass is 468 g/mol. The van der Waals surface area contributed by atoms with E-state index in [0.717, 1.165) is 38.1 Å². The molecule has 1 fully saturated rings. The fourth-order valence-electron chi connectivity index (χ4n) is 3.12. The molecule has 1 unspecified atom stereocenters. The van der Waals surface area contributed by atoms with Gasteiger partial charge < -0.3 is 15.4 Å². The van der Waals surface area contributed by atoms with Crippen LogP contribution in [0.1, 0.15) is 59.3 Å². The lowest BCUT2D eigenvalue weighted by atomic mass is 10.0. The second-order valence-corrected chi connectivity index (χ2v) is 6.19. The molecule has 6 nitrogen and oxygen atoms in total. The van der Waals surface area contributed by atoms with Crippen molar-refractivity contribution in [3.63, 3.8) is 0 Å². The summed E-state index contributed by atoms with van der Waals surface area (Å²) in [7, 11) is 0. The van der Waals surface area contributed by atoms with Crippen LogP contribution in [0.3, 0.4) is 0 Å². The third-order valence-electron chi connectivity index (χ3n) is 4.37. The van der Waals surface area contributed by atoms with Gasteiger partial charge in [-0.25, -0.2) is 0 Å². The highest BCUT2D eigenvalue weighted by Crippen LogP contribution is 2.18. The van der Waals surface area contributed by atoms with Crippen LogP contribution in [0.4, 0.5) is 0 Å². The Morgan fingerprint density at radius 2 is 2.04 bits per heavy atom. The minimum Gasteiger partial charge on any atom is -0.466 e. The molecule has 0 saturated carbocycles. The molecule has 1 heterocycles. The SMILES string of the molecule is CCNC(=NCCCC(=O)OCC)NCCN1CCCCC1CC.I. The Bertz CT molecular complexity index is 380. The van der Waals surface area contributed by atoms with Crippen molar-refractivity contribution >= 4 is 35.9 Å². The van der Waals surface area contributed by atoms with E-state index in [4.69, 9.17) is 4.74 Å². The maximum Gasteiger partial charge on any atom is 0.305 e. The highest BCUT2D eigenvalue weighted by molar-refractivity contribution is 14.0. The zero-order valence-corrected chi connectivity index (χ0v) is 18.5. The number of halogens is 1. The zero-order chi connectivity index (χ0) is 17.6. The van der Waals surface area contributed by atoms with Crippen LogP contribution in [0.5, 0.6) is 0 Å². The molecule has 0 aromatic rings. The lowest BCUT2D eigenvalue weighted by molar-refractivity contribution is -0.143. The van der Waals surface area contributed by atoms with Gasteiger partial charge in [0.25, 0.3) is 0 Å². The molecule has 0 bridgehead atoms. The summed E-state index contributed by atoms with van der Waals surface area (Å²) in [5.41, 5.74) is 0. The fourth-order valence-corrected chi connectivity index (χ4v) is 3.12. The van der Waals surface area contributed by atoms with Gasteiger partial charge in [0.1, 0.15) is 0 Å². The Balaban J connectivity index is 0.00000576. The van der Waals surface area contributed by atoms with Crippen molar-refractivity contribution in [2.24, 2.45) is 4.99 Å². The summed E-state index contributed by atoms with van der Waals surface area (Å²) < 4.78 is 4.92. The van der Waals surface area contributed by atoms with Crippen molar-refractivity contribution in [1.29, 1.82) is 0 Å². The molecule has 148 valence electrons. The molecular weight excluding hydrogens is 431 g/mol. The maximum atomic E-state index is 11.3. The highest BCUT2D eigenvalue weighted by Gasteiger charge is 2.19. The Kier molecular flexibility index (Phi) is 15.3. The topological polar surface area (TPSA) is 66.0 Å². The average molecular weight is 468 g/mol. The van der Waals surface area contributed by atoms with Crippen molar-refractivity contribution in [2.45, 2.75) is 65.3 Å². The Morgan fingerprint density at radius 1 is 1.24 bits per heavy atom. The quantitative estimate of drug-likeness (QED) is 0.170. The summed E-state index contributed by atoms with van der Waals surface area (Å²) in [5.74, 6) is 0.702. The predicted molar refractivity (Wildman–Crippen MR) is 115 cm³/mol. The molecule has 1 saturated heterocycles. The Morgan fingerprint density at radius 3 is 2.72 bits per heavy atom. The second-order valence-electron chi connectivity index (χ2n) is 6.19. The van der Waals surface area contributed by atoms with Crippen LogP contribution in [0.2, 0.25) is 0 Å². The number of likely N-dealkylation sites (tertiary alicyclic amines) is 1. The number of guanidine groups is 1. The molecule has 0 amide bonds. The number of nitrogens with zero attached hydrogens (tertiary/aromatic N) is 2. The molecule has 1 rings (SSSR count). The third kappa shape index (κ3) is 10.9. The van der Waals surface area contributed by atoms with Gasteiger partial charge in [0.15, 0.2) is 5.96 Å². The van der Waals surface area contributed by atoms with E-state index in [0.29, 0.717) is 19.6 Å². The van der Waals surface area contributed by atoms with Crippen LogP contribution in [0.15, 0.2) is 4.99 Å². The van der Waals surface area contributed by atoms with E-state index >= 15 is 0 Å². The molecule has 1 aliphatic heterocycles. The standard InChI is InChI=1S/C18H36N4O2.HI/c1-4-16-10-7-8-14-22(16)15-13-21-18(19-5-2)20-12-9-11-17(23)24-6-3;/h16H,4-15H2,1-3H3,(H2,19,20,21);1H. The van der Waals surface area contributed by atoms with Crippen LogP contribution in [-0.2, 0) is 9.53 Å². The molecule has 1 aliphatic rings. The first-order valence-electron chi connectivity index (χ1n) is 9.63. The van der Waals surface area contributed by atoms with Crippen LogP contribution in [-0.4, -0.2) is 62.2 Å². The second kappa shape index (κ2) is 15.7. The van der Waals surface area contributed by atoms with E-state index < -0.39 is 0 Å². The number of rotatable bonds is 10. The van der Waals surface area contributed by atoms with E-state index in [1.54, 1.807) is 0 Å². The van der Waals surface area contributed by atoms with Crippen molar-refractivity contribution in [1.82, 2.24) is 15.5 Å². The zero-order valence-electron chi connectivity index (χ0n) is 16.2. The molecule has 0 spiro atoms. The van der Waals surface area contributed by atoms with E-state index in [1.807, 2.05) is 6.92 Å². The molecule has 25 heavy (non-hydrogen) atoms. The normalized spacial score (nSPS) is 18.4.